The van der Waals surface area contributed by atoms with Crippen LogP contribution in [0, 0.1) is 17.8 Å². The SMILES string of the molecule is C/C=C\C1[C@H]2CCCC[C@@H]12. The molecule has 56 valence electrons. The molecule has 2 rings (SSSR count). The summed E-state index contributed by atoms with van der Waals surface area (Å²) < 4.78 is 0. The van der Waals surface area contributed by atoms with Crippen molar-refractivity contribution >= 4 is 0 Å². The Morgan fingerprint density at radius 1 is 1.10 bits per heavy atom. The zero-order valence-corrected chi connectivity index (χ0v) is 6.72. The van der Waals surface area contributed by atoms with Crippen molar-refractivity contribution in [3.63, 3.8) is 0 Å². The van der Waals surface area contributed by atoms with Gasteiger partial charge in [0.25, 0.3) is 0 Å². The number of fused-ring (bicyclic) bond motifs is 1. The van der Waals surface area contributed by atoms with Crippen molar-refractivity contribution in [3.05, 3.63) is 12.2 Å². The van der Waals surface area contributed by atoms with Gasteiger partial charge in [0.1, 0.15) is 0 Å². The van der Waals surface area contributed by atoms with Gasteiger partial charge in [-0.15, -0.1) is 0 Å². The first kappa shape index (κ1) is 6.45. The van der Waals surface area contributed by atoms with E-state index < -0.39 is 0 Å². The molecule has 0 heterocycles. The lowest BCUT2D eigenvalue weighted by Crippen LogP contribution is -1.91. The standard InChI is InChI=1S/C10H16/c1-2-5-8-9-6-3-4-7-10(8)9/h2,5,8-10H,3-4,6-7H2,1H3/b5-2-/t8?,9-,10+. The van der Waals surface area contributed by atoms with Gasteiger partial charge in [0.2, 0.25) is 0 Å². The Labute approximate surface area is 63.3 Å². The fourth-order valence-corrected chi connectivity index (χ4v) is 2.56. The van der Waals surface area contributed by atoms with Crippen LogP contribution in [0.4, 0.5) is 0 Å². The van der Waals surface area contributed by atoms with Gasteiger partial charge in [0.05, 0.1) is 0 Å². The van der Waals surface area contributed by atoms with Gasteiger partial charge in [-0.05, 0) is 37.5 Å². The normalized spacial score (nSPS) is 45.5. The fourth-order valence-electron chi connectivity index (χ4n) is 2.56. The largest absolute Gasteiger partial charge is 0.0914 e. The van der Waals surface area contributed by atoms with Gasteiger partial charge in [-0.25, -0.2) is 0 Å². The lowest BCUT2D eigenvalue weighted by atomic mass is 10.0. The Balaban J connectivity index is 1.93. The highest BCUT2D eigenvalue weighted by Gasteiger charge is 2.48. The molecule has 0 aromatic heterocycles. The summed E-state index contributed by atoms with van der Waals surface area (Å²) in [6.45, 7) is 2.14. The molecule has 0 amide bonds. The molecule has 0 radical (unpaired) electrons. The fraction of sp³-hybridized carbons (Fsp3) is 0.800. The summed E-state index contributed by atoms with van der Waals surface area (Å²) in [6, 6.07) is 0. The van der Waals surface area contributed by atoms with Crippen molar-refractivity contribution in [2.24, 2.45) is 17.8 Å². The van der Waals surface area contributed by atoms with Crippen LogP contribution in [-0.2, 0) is 0 Å². The molecule has 0 aromatic carbocycles. The molecule has 0 N–H and O–H groups in total. The maximum absolute atomic E-state index is 2.42. The zero-order chi connectivity index (χ0) is 6.97. The molecule has 0 saturated heterocycles. The minimum Gasteiger partial charge on any atom is -0.0914 e. The molecule has 0 heteroatoms. The summed E-state index contributed by atoms with van der Waals surface area (Å²) in [6.07, 6.45) is 10.7. The lowest BCUT2D eigenvalue weighted by Gasteiger charge is -2.04. The molecular formula is C10H16. The van der Waals surface area contributed by atoms with E-state index in [4.69, 9.17) is 0 Å². The minimum absolute atomic E-state index is 0.993. The molecule has 0 aromatic rings. The van der Waals surface area contributed by atoms with Crippen LogP contribution in [0.15, 0.2) is 12.2 Å². The van der Waals surface area contributed by atoms with Crippen LogP contribution in [-0.4, -0.2) is 0 Å². The third kappa shape index (κ3) is 0.902. The average molecular weight is 136 g/mol. The van der Waals surface area contributed by atoms with E-state index in [9.17, 15) is 0 Å². The van der Waals surface area contributed by atoms with Gasteiger partial charge in [0.15, 0.2) is 0 Å². The first-order chi connectivity index (χ1) is 4.93. The van der Waals surface area contributed by atoms with E-state index in [1.807, 2.05) is 0 Å². The molecule has 0 aliphatic heterocycles. The molecule has 0 nitrogen and oxygen atoms in total. The van der Waals surface area contributed by atoms with E-state index in [0.29, 0.717) is 0 Å². The molecule has 2 aliphatic rings. The molecule has 10 heavy (non-hydrogen) atoms. The van der Waals surface area contributed by atoms with Crippen LogP contribution in [0.5, 0.6) is 0 Å². The van der Waals surface area contributed by atoms with Crippen molar-refractivity contribution in [3.8, 4) is 0 Å². The third-order valence-corrected chi connectivity index (χ3v) is 3.14. The highest BCUT2D eigenvalue weighted by molar-refractivity contribution is 5.08. The summed E-state index contributed by atoms with van der Waals surface area (Å²) in [4.78, 5) is 0. The highest BCUT2D eigenvalue weighted by Crippen LogP contribution is 2.55. The van der Waals surface area contributed by atoms with Gasteiger partial charge in [0, 0.05) is 0 Å². The van der Waals surface area contributed by atoms with Crippen LogP contribution in [0.25, 0.3) is 0 Å². The molecule has 2 saturated carbocycles. The molecule has 1 unspecified atom stereocenters. The van der Waals surface area contributed by atoms with E-state index in [2.05, 4.69) is 19.1 Å². The zero-order valence-electron chi connectivity index (χ0n) is 6.72. The van der Waals surface area contributed by atoms with Crippen molar-refractivity contribution in [2.45, 2.75) is 32.6 Å². The second-order valence-corrected chi connectivity index (χ2v) is 3.72. The molecule has 3 atom stereocenters. The number of hydrogen-bond acceptors (Lipinski definition) is 0. The molecule has 2 fully saturated rings. The maximum Gasteiger partial charge on any atom is -0.0171 e. The lowest BCUT2D eigenvalue weighted by molar-refractivity contribution is 0.480. The average Bonchev–Trinajstić information content (AvgIpc) is 2.66. The molecule has 0 bridgehead atoms. The van der Waals surface area contributed by atoms with Crippen molar-refractivity contribution in [2.75, 3.05) is 0 Å². The molecule has 0 spiro atoms. The minimum atomic E-state index is 0.993. The second-order valence-electron chi connectivity index (χ2n) is 3.72. The van der Waals surface area contributed by atoms with Crippen molar-refractivity contribution in [1.82, 2.24) is 0 Å². The Morgan fingerprint density at radius 3 is 2.20 bits per heavy atom. The van der Waals surface area contributed by atoms with Gasteiger partial charge < -0.3 is 0 Å². The van der Waals surface area contributed by atoms with Crippen molar-refractivity contribution < 1.29 is 0 Å². The first-order valence-corrected chi connectivity index (χ1v) is 4.56. The smallest absolute Gasteiger partial charge is 0.0171 e. The van der Waals surface area contributed by atoms with Crippen LogP contribution in [0.2, 0.25) is 0 Å². The topological polar surface area (TPSA) is 0 Å². The number of allylic oxidation sites excluding steroid dienone is 2. The predicted molar refractivity (Wildman–Crippen MR) is 43.8 cm³/mol. The van der Waals surface area contributed by atoms with Gasteiger partial charge in [-0.2, -0.15) is 0 Å². The molecule has 2 aliphatic carbocycles. The monoisotopic (exact) mass is 136 g/mol. The van der Waals surface area contributed by atoms with Crippen LogP contribution in [0.1, 0.15) is 32.6 Å². The summed E-state index contributed by atoms with van der Waals surface area (Å²) in [5.74, 6) is 3.20. The Kier molecular flexibility index (Phi) is 1.55. The van der Waals surface area contributed by atoms with Crippen molar-refractivity contribution in [1.29, 1.82) is 0 Å². The van der Waals surface area contributed by atoms with E-state index in [0.717, 1.165) is 17.8 Å². The Hall–Kier alpha value is -0.260. The van der Waals surface area contributed by atoms with Gasteiger partial charge in [-0.3, -0.25) is 0 Å². The van der Waals surface area contributed by atoms with Gasteiger partial charge in [-0.1, -0.05) is 25.0 Å². The Bertz CT molecular complexity index is 134. The van der Waals surface area contributed by atoms with Crippen LogP contribution >= 0.6 is 0 Å². The summed E-state index contributed by atoms with van der Waals surface area (Å²) >= 11 is 0. The predicted octanol–water partition coefficient (Wildman–Crippen LogP) is 3.00. The number of rotatable bonds is 1. The van der Waals surface area contributed by atoms with E-state index in [-0.39, 0.29) is 0 Å². The van der Waals surface area contributed by atoms with Gasteiger partial charge >= 0.3 is 0 Å². The summed E-state index contributed by atoms with van der Waals surface area (Å²) in [5, 5.41) is 0. The number of hydrogen-bond donors (Lipinski definition) is 0. The Morgan fingerprint density at radius 2 is 1.70 bits per heavy atom. The third-order valence-electron chi connectivity index (χ3n) is 3.14. The van der Waals surface area contributed by atoms with E-state index >= 15 is 0 Å². The maximum atomic E-state index is 2.42. The summed E-state index contributed by atoms with van der Waals surface area (Å²) in [7, 11) is 0. The first-order valence-electron chi connectivity index (χ1n) is 4.56. The van der Waals surface area contributed by atoms with Crippen LogP contribution in [0.3, 0.4) is 0 Å². The van der Waals surface area contributed by atoms with E-state index in [1.54, 1.807) is 0 Å². The highest BCUT2D eigenvalue weighted by atomic mass is 14.5. The second kappa shape index (κ2) is 2.41. The van der Waals surface area contributed by atoms with E-state index in [1.165, 1.54) is 25.7 Å². The van der Waals surface area contributed by atoms with Crippen LogP contribution < -0.4 is 0 Å². The summed E-state index contributed by atoms with van der Waals surface area (Å²) in [5.41, 5.74) is 0. The molecular weight excluding hydrogens is 120 g/mol. The quantitative estimate of drug-likeness (QED) is 0.486.